The lowest BCUT2D eigenvalue weighted by Crippen LogP contribution is -2.42. The molecule has 1 atom stereocenters. The van der Waals surface area contributed by atoms with E-state index in [2.05, 4.69) is 25.7 Å². The van der Waals surface area contributed by atoms with Gasteiger partial charge in [-0.1, -0.05) is 33.6 Å². The normalized spacial score (nSPS) is 13.2. The van der Waals surface area contributed by atoms with Crippen molar-refractivity contribution in [2.45, 2.75) is 53.5 Å². The summed E-state index contributed by atoms with van der Waals surface area (Å²) in [5.41, 5.74) is 0. The molecule has 0 spiro atoms. The molecule has 0 aromatic heterocycles. The molecule has 0 aromatic carbocycles. The smallest absolute Gasteiger partial charge is 0.323 e. The van der Waals surface area contributed by atoms with E-state index in [-0.39, 0.29) is 12.0 Å². The van der Waals surface area contributed by atoms with Crippen LogP contribution in [0.25, 0.3) is 0 Å². The van der Waals surface area contributed by atoms with Gasteiger partial charge in [-0.3, -0.25) is 9.69 Å². The Hall–Kier alpha value is -0.570. The first-order chi connectivity index (χ1) is 7.60. The van der Waals surface area contributed by atoms with Crippen LogP contribution in [0.4, 0.5) is 0 Å². The Morgan fingerprint density at radius 1 is 1.19 bits per heavy atom. The average Bonchev–Trinajstić information content (AvgIpc) is 2.30. The van der Waals surface area contributed by atoms with Crippen LogP contribution in [0.2, 0.25) is 0 Å². The number of hydrogen-bond donors (Lipinski definition) is 0. The minimum Gasteiger partial charge on any atom is -0.465 e. The van der Waals surface area contributed by atoms with Crippen LogP contribution >= 0.6 is 0 Å². The third-order valence-electron chi connectivity index (χ3n) is 3.23. The number of carbonyl (C=O) groups is 1. The fourth-order valence-electron chi connectivity index (χ4n) is 1.85. The van der Waals surface area contributed by atoms with Gasteiger partial charge >= 0.3 is 5.97 Å². The molecule has 0 aromatic rings. The quantitative estimate of drug-likeness (QED) is 0.599. The first-order valence-electron chi connectivity index (χ1n) is 6.51. The molecule has 0 heterocycles. The minimum atomic E-state index is -0.120. The lowest BCUT2D eigenvalue weighted by atomic mass is 10.0. The van der Waals surface area contributed by atoms with E-state index in [1.165, 1.54) is 12.8 Å². The molecule has 0 aliphatic rings. The van der Waals surface area contributed by atoms with Crippen LogP contribution in [0, 0.1) is 5.92 Å². The number of nitrogens with zero attached hydrogens (tertiary/aromatic N) is 1. The summed E-state index contributed by atoms with van der Waals surface area (Å²) in [6, 6.07) is -0.120. The summed E-state index contributed by atoms with van der Waals surface area (Å²) in [6.45, 7) is 12.6. The first kappa shape index (κ1) is 15.4. The molecule has 0 fully saturated rings. The van der Waals surface area contributed by atoms with Gasteiger partial charge in [-0.25, -0.2) is 0 Å². The van der Waals surface area contributed by atoms with Crippen LogP contribution in [0.5, 0.6) is 0 Å². The molecular weight excluding hydrogens is 202 g/mol. The Labute approximate surface area is 100 Å². The molecule has 0 rings (SSSR count). The largest absolute Gasteiger partial charge is 0.465 e. The molecule has 3 nitrogen and oxygen atoms in total. The number of rotatable bonds is 8. The molecule has 0 amide bonds. The lowest BCUT2D eigenvalue weighted by molar-refractivity contribution is -0.149. The summed E-state index contributed by atoms with van der Waals surface area (Å²) in [4.78, 5) is 13.8. The summed E-state index contributed by atoms with van der Waals surface area (Å²) >= 11 is 0. The predicted molar refractivity (Wildman–Crippen MR) is 67.4 cm³/mol. The number of hydrogen-bond acceptors (Lipinski definition) is 3. The van der Waals surface area contributed by atoms with Gasteiger partial charge < -0.3 is 4.74 Å². The van der Waals surface area contributed by atoms with Crippen LogP contribution in [-0.2, 0) is 9.53 Å². The van der Waals surface area contributed by atoms with E-state index >= 15 is 0 Å². The van der Waals surface area contributed by atoms with E-state index in [0.717, 1.165) is 13.1 Å². The fraction of sp³-hybridized carbons (Fsp3) is 0.923. The number of carbonyl (C=O) groups excluding carboxylic acids is 1. The highest BCUT2D eigenvalue weighted by Crippen LogP contribution is 2.12. The summed E-state index contributed by atoms with van der Waals surface area (Å²) in [5, 5.41) is 0. The van der Waals surface area contributed by atoms with Crippen molar-refractivity contribution in [3.63, 3.8) is 0 Å². The van der Waals surface area contributed by atoms with Gasteiger partial charge in [0, 0.05) is 6.54 Å². The van der Waals surface area contributed by atoms with Gasteiger partial charge in [0.1, 0.15) is 6.04 Å². The van der Waals surface area contributed by atoms with Gasteiger partial charge in [-0.15, -0.1) is 0 Å². The second-order valence-electron chi connectivity index (χ2n) is 4.20. The van der Waals surface area contributed by atoms with E-state index in [9.17, 15) is 4.79 Å². The second-order valence-corrected chi connectivity index (χ2v) is 4.20. The molecule has 0 saturated heterocycles. The van der Waals surface area contributed by atoms with Crippen molar-refractivity contribution >= 4 is 5.97 Å². The van der Waals surface area contributed by atoms with Crippen LogP contribution in [-0.4, -0.2) is 36.6 Å². The van der Waals surface area contributed by atoms with E-state index in [4.69, 9.17) is 4.74 Å². The maximum absolute atomic E-state index is 11.6. The first-order valence-corrected chi connectivity index (χ1v) is 6.51. The van der Waals surface area contributed by atoms with Crippen molar-refractivity contribution in [2.24, 2.45) is 5.92 Å². The zero-order valence-corrected chi connectivity index (χ0v) is 11.5. The van der Waals surface area contributed by atoms with Crippen molar-refractivity contribution in [1.82, 2.24) is 4.90 Å². The Morgan fingerprint density at radius 2 is 1.75 bits per heavy atom. The zero-order valence-electron chi connectivity index (χ0n) is 11.5. The van der Waals surface area contributed by atoms with Crippen LogP contribution in [0.3, 0.4) is 0 Å². The van der Waals surface area contributed by atoms with Crippen LogP contribution in [0.1, 0.15) is 47.5 Å². The molecule has 96 valence electrons. The molecule has 0 aliphatic carbocycles. The van der Waals surface area contributed by atoms with Crippen molar-refractivity contribution < 1.29 is 9.53 Å². The van der Waals surface area contributed by atoms with Crippen LogP contribution in [0.15, 0.2) is 0 Å². The summed E-state index contributed by atoms with van der Waals surface area (Å²) < 4.78 is 5.05. The monoisotopic (exact) mass is 229 g/mol. The average molecular weight is 229 g/mol. The summed E-state index contributed by atoms with van der Waals surface area (Å²) in [5.74, 6) is 0.576. The van der Waals surface area contributed by atoms with Crippen molar-refractivity contribution in [2.75, 3.05) is 19.7 Å². The topological polar surface area (TPSA) is 29.5 Å². The Bertz CT molecular complexity index is 190. The second kappa shape index (κ2) is 8.57. The predicted octanol–water partition coefficient (Wildman–Crippen LogP) is 2.70. The molecular formula is C13H27NO2. The molecule has 0 saturated carbocycles. The fourth-order valence-corrected chi connectivity index (χ4v) is 1.85. The number of ether oxygens (including phenoxy) is 1. The van der Waals surface area contributed by atoms with E-state index in [1.54, 1.807) is 0 Å². The highest BCUT2D eigenvalue weighted by atomic mass is 16.5. The Balaban J connectivity index is 4.30. The highest BCUT2D eigenvalue weighted by Gasteiger charge is 2.22. The highest BCUT2D eigenvalue weighted by molar-refractivity contribution is 5.75. The van der Waals surface area contributed by atoms with E-state index < -0.39 is 0 Å². The summed E-state index contributed by atoms with van der Waals surface area (Å²) in [6.07, 6.45) is 2.34. The third kappa shape index (κ3) is 4.97. The molecule has 0 aliphatic heterocycles. The van der Waals surface area contributed by atoms with Gasteiger partial charge in [0.2, 0.25) is 0 Å². The van der Waals surface area contributed by atoms with Gasteiger partial charge in [-0.2, -0.15) is 0 Å². The van der Waals surface area contributed by atoms with Gasteiger partial charge in [0.15, 0.2) is 0 Å². The van der Waals surface area contributed by atoms with Gasteiger partial charge in [0.25, 0.3) is 0 Å². The molecule has 0 radical (unpaired) electrons. The van der Waals surface area contributed by atoms with Gasteiger partial charge in [0.05, 0.1) is 6.61 Å². The number of likely N-dealkylation sites (N-methyl/N-ethyl adjacent to an activating group) is 1. The van der Waals surface area contributed by atoms with Crippen molar-refractivity contribution in [3.05, 3.63) is 0 Å². The number of esters is 1. The lowest BCUT2D eigenvalue weighted by Gasteiger charge is -2.29. The standard InChI is InChI=1S/C13H27NO2/c1-6-12(7-2)10-14(8-3)11(5)13(15)16-9-4/h11-12H,6-10H2,1-5H3. The van der Waals surface area contributed by atoms with Gasteiger partial charge in [-0.05, 0) is 26.3 Å². The summed E-state index contributed by atoms with van der Waals surface area (Å²) in [7, 11) is 0. The SMILES string of the molecule is CCOC(=O)C(C)N(CC)CC(CC)CC. The molecule has 0 N–H and O–H groups in total. The van der Waals surface area contributed by atoms with E-state index in [0.29, 0.717) is 12.5 Å². The van der Waals surface area contributed by atoms with Crippen molar-refractivity contribution in [3.8, 4) is 0 Å². The molecule has 0 bridgehead atoms. The third-order valence-corrected chi connectivity index (χ3v) is 3.23. The Morgan fingerprint density at radius 3 is 2.12 bits per heavy atom. The zero-order chi connectivity index (χ0) is 12.6. The van der Waals surface area contributed by atoms with Crippen LogP contribution < -0.4 is 0 Å². The maximum Gasteiger partial charge on any atom is 0.323 e. The molecule has 16 heavy (non-hydrogen) atoms. The van der Waals surface area contributed by atoms with Crippen molar-refractivity contribution in [1.29, 1.82) is 0 Å². The van der Waals surface area contributed by atoms with E-state index in [1.807, 2.05) is 13.8 Å². The molecule has 1 unspecified atom stereocenters. The Kier molecular flexibility index (Phi) is 8.26. The maximum atomic E-state index is 11.6. The molecule has 3 heteroatoms. The minimum absolute atomic E-state index is 0.102.